The van der Waals surface area contributed by atoms with E-state index in [1.165, 1.54) is 70.6 Å². The van der Waals surface area contributed by atoms with E-state index in [4.69, 9.17) is 14.2 Å². The number of carbonyl (C=O) groups is 1. The van der Waals surface area contributed by atoms with Crippen LogP contribution in [-0.4, -0.2) is 70.1 Å². The van der Waals surface area contributed by atoms with E-state index in [0.717, 1.165) is 70.6 Å². The lowest BCUT2D eigenvalue weighted by Crippen LogP contribution is -2.33. The predicted octanol–water partition coefficient (Wildman–Crippen LogP) is 7.86. The number of rotatable bonds is 25. The van der Waals surface area contributed by atoms with Crippen molar-refractivity contribution in [3.8, 4) is 0 Å². The van der Waals surface area contributed by atoms with Crippen LogP contribution in [0.4, 0.5) is 0 Å². The minimum absolute atomic E-state index is 0.0234. The first-order chi connectivity index (χ1) is 21.4. The number of esters is 1. The van der Waals surface area contributed by atoms with E-state index in [2.05, 4.69) is 6.92 Å². The average molecular weight is 623 g/mol. The first-order valence-corrected chi connectivity index (χ1v) is 18.6. The summed E-state index contributed by atoms with van der Waals surface area (Å²) in [6.45, 7) is 4.10. The number of cyclic esters (lactones) is 1. The third-order valence-electron chi connectivity index (χ3n) is 10.0. The van der Waals surface area contributed by atoms with Gasteiger partial charge in [-0.05, 0) is 57.9 Å². The molecule has 0 aromatic heterocycles. The van der Waals surface area contributed by atoms with Crippen LogP contribution in [0.3, 0.4) is 0 Å². The highest BCUT2D eigenvalue weighted by atomic mass is 16.6. The summed E-state index contributed by atoms with van der Waals surface area (Å²) in [5, 5.41) is 31.7. The maximum Gasteiger partial charge on any atom is 0.334 e. The fourth-order valence-electron chi connectivity index (χ4n) is 7.28. The Morgan fingerprint density at radius 3 is 1.52 bits per heavy atom. The monoisotopic (exact) mass is 622 g/mol. The largest absolute Gasteiger partial charge is 0.455 e. The Labute approximate surface area is 268 Å². The molecule has 0 saturated carbocycles. The topological polar surface area (TPSA) is 105 Å². The van der Waals surface area contributed by atoms with Crippen LogP contribution in [0.25, 0.3) is 0 Å². The van der Waals surface area contributed by atoms with Gasteiger partial charge in [0.05, 0.1) is 42.7 Å². The second-order valence-electron chi connectivity index (χ2n) is 14.0. The summed E-state index contributed by atoms with van der Waals surface area (Å²) < 4.78 is 17.6. The maximum atomic E-state index is 11.7. The van der Waals surface area contributed by atoms with E-state index < -0.39 is 12.2 Å². The van der Waals surface area contributed by atoms with Crippen LogP contribution in [0.1, 0.15) is 168 Å². The zero-order chi connectivity index (χ0) is 31.6. The molecule has 0 aromatic carbocycles. The molecule has 3 N–H and O–H groups in total. The number of aliphatic hydroxyl groups excluding tert-OH is 3. The van der Waals surface area contributed by atoms with Crippen LogP contribution in [0.2, 0.25) is 0 Å². The Balaban J connectivity index is 1.15. The summed E-state index contributed by atoms with van der Waals surface area (Å²) in [4.78, 5) is 11.7. The summed E-state index contributed by atoms with van der Waals surface area (Å²) in [6, 6.07) is 0. The van der Waals surface area contributed by atoms with Crippen LogP contribution in [-0.2, 0) is 19.0 Å². The van der Waals surface area contributed by atoms with Crippen LogP contribution in [0.15, 0.2) is 11.6 Å². The molecule has 0 amide bonds. The molecule has 2 saturated heterocycles. The van der Waals surface area contributed by atoms with Crippen molar-refractivity contribution in [2.45, 2.75) is 217 Å². The molecule has 7 heteroatoms. The lowest BCUT2D eigenvalue weighted by Gasteiger charge is -2.24. The summed E-state index contributed by atoms with van der Waals surface area (Å²) >= 11 is 0. The zero-order valence-electron chi connectivity index (χ0n) is 28.1. The van der Waals surface area contributed by atoms with Crippen LogP contribution < -0.4 is 0 Å². The number of aliphatic hydroxyl groups is 3. The SMILES string of the molecule is CCCCCCCCCCCCCCC(O)C1CCC(C2CCC(C(O)CCCCCCC(O)CC3=CC(C)OC3=O)O2)O1. The smallest absolute Gasteiger partial charge is 0.334 e. The summed E-state index contributed by atoms with van der Waals surface area (Å²) in [7, 11) is 0. The van der Waals surface area contributed by atoms with Crippen LogP contribution >= 0.6 is 0 Å². The van der Waals surface area contributed by atoms with Crippen molar-refractivity contribution >= 4 is 5.97 Å². The van der Waals surface area contributed by atoms with Gasteiger partial charge in [0.2, 0.25) is 0 Å². The van der Waals surface area contributed by atoms with Gasteiger partial charge in [0.25, 0.3) is 0 Å². The van der Waals surface area contributed by atoms with Crippen LogP contribution in [0, 0.1) is 0 Å². The molecule has 0 spiro atoms. The highest BCUT2D eigenvalue weighted by Crippen LogP contribution is 2.34. The van der Waals surface area contributed by atoms with Crippen molar-refractivity contribution in [2.75, 3.05) is 0 Å². The van der Waals surface area contributed by atoms with Gasteiger partial charge in [0.1, 0.15) is 6.10 Å². The van der Waals surface area contributed by atoms with Gasteiger partial charge in [-0.1, -0.05) is 110 Å². The van der Waals surface area contributed by atoms with Crippen molar-refractivity contribution in [1.82, 2.24) is 0 Å². The fraction of sp³-hybridized carbons (Fsp3) is 0.919. The summed E-state index contributed by atoms with van der Waals surface area (Å²) in [5.41, 5.74) is 0.590. The van der Waals surface area contributed by atoms with Gasteiger partial charge in [-0.15, -0.1) is 0 Å². The Hall–Kier alpha value is -0.990. The zero-order valence-corrected chi connectivity index (χ0v) is 28.1. The van der Waals surface area contributed by atoms with Crippen molar-refractivity contribution in [1.29, 1.82) is 0 Å². The predicted molar refractivity (Wildman–Crippen MR) is 175 cm³/mol. The Morgan fingerprint density at radius 2 is 1.09 bits per heavy atom. The molecule has 256 valence electrons. The van der Waals surface area contributed by atoms with Gasteiger partial charge in [0, 0.05) is 12.0 Å². The van der Waals surface area contributed by atoms with Gasteiger partial charge in [-0.3, -0.25) is 0 Å². The third kappa shape index (κ3) is 14.2. The molecule has 8 unspecified atom stereocenters. The molecule has 0 aliphatic carbocycles. The second kappa shape index (κ2) is 21.7. The molecular formula is C37H66O7. The fourth-order valence-corrected chi connectivity index (χ4v) is 7.28. The maximum absolute atomic E-state index is 11.7. The number of ether oxygens (including phenoxy) is 3. The van der Waals surface area contributed by atoms with E-state index in [-0.39, 0.29) is 42.6 Å². The molecule has 7 nitrogen and oxygen atoms in total. The highest BCUT2D eigenvalue weighted by molar-refractivity contribution is 5.90. The second-order valence-corrected chi connectivity index (χ2v) is 14.0. The number of carbonyl (C=O) groups excluding carboxylic acids is 1. The minimum atomic E-state index is -0.513. The van der Waals surface area contributed by atoms with Gasteiger partial charge in [0.15, 0.2) is 0 Å². The minimum Gasteiger partial charge on any atom is -0.455 e. The third-order valence-corrected chi connectivity index (χ3v) is 10.0. The standard InChI is InChI=1S/C37H66O7/c1-3-4-5-6-7-8-9-10-11-12-13-17-20-31(39)33-22-24-35(43-33)36-25-23-34(44-36)32(40)21-18-15-14-16-19-30(38)27-29-26-28(2)42-37(29)41/h26,28,30-36,38-40H,3-25,27H2,1-2H3. The van der Waals surface area contributed by atoms with Crippen LogP contribution in [0.5, 0.6) is 0 Å². The van der Waals surface area contributed by atoms with Crippen molar-refractivity contribution in [2.24, 2.45) is 0 Å². The molecule has 44 heavy (non-hydrogen) atoms. The molecule has 0 radical (unpaired) electrons. The van der Waals surface area contributed by atoms with E-state index in [9.17, 15) is 20.1 Å². The van der Waals surface area contributed by atoms with E-state index in [1.807, 2.05) is 6.92 Å². The van der Waals surface area contributed by atoms with Crippen molar-refractivity contribution < 1.29 is 34.3 Å². The Bertz CT molecular complexity index is 801. The molecule has 3 aliphatic rings. The first kappa shape index (κ1) is 37.5. The Kier molecular flexibility index (Phi) is 18.5. The van der Waals surface area contributed by atoms with E-state index >= 15 is 0 Å². The lowest BCUT2D eigenvalue weighted by atomic mass is 9.99. The van der Waals surface area contributed by atoms with E-state index in [0.29, 0.717) is 18.4 Å². The van der Waals surface area contributed by atoms with Crippen molar-refractivity contribution in [3.05, 3.63) is 11.6 Å². The van der Waals surface area contributed by atoms with Gasteiger partial charge in [-0.25, -0.2) is 4.79 Å². The quantitative estimate of drug-likeness (QED) is 0.0703. The molecule has 3 heterocycles. The molecule has 0 aromatic rings. The Morgan fingerprint density at radius 1 is 0.659 bits per heavy atom. The van der Waals surface area contributed by atoms with Gasteiger partial charge < -0.3 is 29.5 Å². The first-order valence-electron chi connectivity index (χ1n) is 18.6. The highest BCUT2D eigenvalue weighted by Gasteiger charge is 2.40. The van der Waals surface area contributed by atoms with Gasteiger partial charge >= 0.3 is 5.97 Å². The summed E-state index contributed by atoms with van der Waals surface area (Å²) in [5.74, 6) is -0.302. The molecule has 3 aliphatic heterocycles. The normalized spacial score (nSPS) is 27.4. The van der Waals surface area contributed by atoms with Gasteiger partial charge in [-0.2, -0.15) is 0 Å². The van der Waals surface area contributed by atoms with E-state index in [1.54, 1.807) is 6.08 Å². The molecule has 3 rings (SSSR count). The number of hydrogen-bond donors (Lipinski definition) is 3. The number of unbranched alkanes of at least 4 members (excludes halogenated alkanes) is 14. The lowest BCUT2D eigenvalue weighted by molar-refractivity contribution is -0.139. The van der Waals surface area contributed by atoms with Crippen molar-refractivity contribution in [3.63, 3.8) is 0 Å². The number of hydrogen-bond acceptors (Lipinski definition) is 7. The molecule has 8 atom stereocenters. The average Bonchev–Trinajstić information content (AvgIpc) is 3.75. The summed E-state index contributed by atoms with van der Waals surface area (Å²) in [6.07, 6.45) is 26.0. The molecular weight excluding hydrogens is 556 g/mol. The molecule has 2 fully saturated rings. The molecule has 0 bridgehead atoms.